The van der Waals surface area contributed by atoms with Crippen LogP contribution in [0.2, 0.25) is 10.0 Å². The molecule has 0 radical (unpaired) electrons. The summed E-state index contributed by atoms with van der Waals surface area (Å²) in [6.45, 7) is 5.09. The maximum atomic E-state index is 13.6. The second-order valence-electron chi connectivity index (χ2n) is 9.82. The van der Waals surface area contributed by atoms with E-state index in [0.29, 0.717) is 35.4 Å². The van der Waals surface area contributed by atoms with Crippen LogP contribution in [0.3, 0.4) is 0 Å². The van der Waals surface area contributed by atoms with Crippen molar-refractivity contribution >= 4 is 56.2 Å². The van der Waals surface area contributed by atoms with Crippen LogP contribution in [0.4, 0.5) is 5.69 Å². The Bertz CT molecular complexity index is 1420. The molecule has 39 heavy (non-hydrogen) atoms. The highest BCUT2D eigenvalue weighted by Gasteiger charge is 2.33. The lowest BCUT2D eigenvalue weighted by atomic mass is 9.99. The second-order valence-corrected chi connectivity index (χ2v) is 13.5. The zero-order chi connectivity index (χ0) is 28.3. The smallest absolute Gasteiger partial charge is 0.271 e. The molecule has 0 aliphatic carbocycles. The lowest BCUT2D eigenvalue weighted by molar-refractivity contribution is 0.0341. The molecule has 3 atom stereocenters. The molecule has 12 heteroatoms. The highest BCUT2D eigenvalue weighted by molar-refractivity contribution is 7.94. The molecule has 0 unspecified atom stereocenters. The van der Waals surface area contributed by atoms with Gasteiger partial charge in [-0.1, -0.05) is 42.3 Å². The summed E-state index contributed by atoms with van der Waals surface area (Å²) in [5.74, 6) is -0.0451. The van der Waals surface area contributed by atoms with Gasteiger partial charge in [0, 0.05) is 31.2 Å². The highest BCUT2D eigenvalue weighted by atomic mass is 35.5. The third kappa shape index (κ3) is 7.06. The number of hydrogen-bond acceptors (Lipinski definition) is 7. The molecule has 0 bridgehead atoms. The number of sulfonamides is 1. The van der Waals surface area contributed by atoms with Gasteiger partial charge in [0.25, 0.3) is 15.9 Å². The molecule has 210 valence electrons. The average Bonchev–Trinajstić information content (AvgIpc) is 3.44. The topological polar surface area (TPSA) is 99.2 Å². The van der Waals surface area contributed by atoms with Gasteiger partial charge in [-0.15, -0.1) is 11.3 Å². The van der Waals surface area contributed by atoms with E-state index in [2.05, 4.69) is 9.62 Å². The highest BCUT2D eigenvalue weighted by Crippen LogP contribution is 2.32. The van der Waals surface area contributed by atoms with Crippen LogP contribution in [0.15, 0.2) is 58.1 Å². The van der Waals surface area contributed by atoms with Gasteiger partial charge >= 0.3 is 0 Å². The minimum Gasteiger partial charge on any atom is -0.488 e. The molecular formula is C27H31Cl2N3O5S2. The molecule has 1 aromatic heterocycles. The molecule has 1 aliphatic heterocycles. The van der Waals surface area contributed by atoms with E-state index in [1.54, 1.807) is 41.5 Å². The van der Waals surface area contributed by atoms with Crippen LogP contribution in [0.5, 0.6) is 5.75 Å². The van der Waals surface area contributed by atoms with Crippen molar-refractivity contribution < 1.29 is 23.1 Å². The van der Waals surface area contributed by atoms with Crippen LogP contribution >= 0.6 is 34.5 Å². The van der Waals surface area contributed by atoms with Crippen LogP contribution in [0, 0.1) is 5.92 Å². The van der Waals surface area contributed by atoms with E-state index in [4.69, 9.17) is 27.9 Å². The maximum Gasteiger partial charge on any atom is 0.271 e. The number of amides is 1. The summed E-state index contributed by atoms with van der Waals surface area (Å²) in [7, 11) is -1.83. The Morgan fingerprint density at radius 3 is 2.64 bits per heavy atom. The number of rotatable bonds is 9. The number of likely N-dealkylation sites (N-methyl/N-ethyl adjacent to an activating group) is 1. The van der Waals surface area contributed by atoms with E-state index >= 15 is 0 Å². The van der Waals surface area contributed by atoms with Crippen LogP contribution in [0.25, 0.3) is 0 Å². The zero-order valence-corrected chi connectivity index (χ0v) is 24.9. The van der Waals surface area contributed by atoms with E-state index in [-0.39, 0.29) is 40.0 Å². The first-order valence-electron chi connectivity index (χ1n) is 12.4. The second kappa shape index (κ2) is 12.4. The molecular weight excluding hydrogens is 581 g/mol. The van der Waals surface area contributed by atoms with Crippen molar-refractivity contribution in [3.05, 3.63) is 75.1 Å². The molecule has 3 aromatic rings. The van der Waals surface area contributed by atoms with Crippen LogP contribution < -0.4 is 9.46 Å². The van der Waals surface area contributed by atoms with Crippen molar-refractivity contribution in [2.45, 2.75) is 36.7 Å². The first-order chi connectivity index (χ1) is 18.5. The lowest BCUT2D eigenvalue weighted by Gasteiger charge is -2.38. The SMILES string of the molecule is C[C@@H]1CN([C@@H](C)CO)C(=O)c2cc(NS(=O)(=O)c3cccs3)ccc2O[C@@H]1CN(C)Cc1ccc(Cl)c(Cl)c1. The molecule has 8 nitrogen and oxygen atoms in total. The van der Waals surface area contributed by atoms with E-state index in [9.17, 15) is 18.3 Å². The average molecular weight is 613 g/mol. The Labute approximate surface area is 243 Å². The number of aliphatic hydroxyl groups excluding tert-OH is 1. The number of fused-ring (bicyclic) bond motifs is 1. The summed E-state index contributed by atoms with van der Waals surface area (Å²) in [5.41, 5.74) is 1.47. The van der Waals surface area contributed by atoms with Crippen LogP contribution in [-0.2, 0) is 16.6 Å². The molecule has 0 spiro atoms. The van der Waals surface area contributed by atoms with Crippen LogP contribution in [-0.4, -0.2) is 68.1 Å². The summed E-state index contributed by atoms with van der Waals surface area (Å²) in [5, 5.41) is 12.6. The fourth-order valence-electron chi connectivity index (χ4n) is 4.45. The number of hydrogen-bond donors (Lipinski definition) is 2. The van der Waals surface area contributed by atoms with Gasteiger partial charge < -0.3 is 14.7 Å². The van der Waals surface area contributed by atoms with E-state index in [0.717, 1.165) is 16.9 Å². The van der Waals surface area contributed by atoms with Gasteiger partial charge in [0.2, 0.25) is 0 Å². The largest absolute Gasteiger partial charge is 0.488 e. The normalized spacial score (nSPS) is 18.7. The maximum absolute atomic E-state index is 13.6. The van der Waals surface area contributed by atoms with Crippen molar-refractivity contribution in [3.63, 3.8) is 0 Å². The van der Waals surface area contributed by atoms with Crippen molar-refractivity contribution in [1.29, 1.82) is 0 Å². The van der Waals surface area contributed by atoms with Crippen molar-refractivity contribution in [2.24, 2.45) is 5.92 Å². The summed E-state index contributed by atoms with van der Waals surface area (Å²) >= 11 is 13.3. The molecule has 2 aromatic carbocycles. The van der Waals surface area contributed by atoms with Crippen molar-refractivity contribution in [1.82, 2.24) is 9.80 Å². The van der Waals surface area contributed by atoms with Gasteiger partial charge in [0.05, 0.1) is 28.3 Å². The van der Waals surface area contributed by atoms with Gasteiger partial charge in [0.15, 0.2) is 0 Å². The Morgan fingerprint density at radius 2 is 1.97 bits per heavy atom. The number of ether oxygens (including phenoxy) is 1. The predicted molar refractivity (Wildman–Crippen MR) is 156 cm³/mol. The summed E-state index contributed by atoms with van der Waals surface area (Å²) in [4.78, 5) is 17.4. The summed E-state index contributed by atoms with van der Waals surface area (Å²) < 4.78 is 34.7. The Balaban J connectivity index is 1.62. The number of benzene rings is 2. The standard InChI is InChI=1S/C27H31Cl2N3O5S2/c1-17-13-32(18(2)16-33)27(34)21-12-20(30-39(35,36)26-5-4-10-38-26)7-9-24(21)37-25(17)15-31(3)14-19-6-8-22(28)23(29)11-19/h4-12,17-18,25,30,33H,13-16H2,1-3H3/t17-,18+,25-/m1/s1. The Hall–Kier alpha value is -2.34. The predicted octanol–water partition coefficient (Wildman–Crippen LogP) is 5.21. The summed E-state index contributed by atoms with van der Waals surface area (Å²) in [6.07, 6.45) is -0.299. The number of thiophene rings is 1. The van der Waals surface area contributed by atoms with Gasteiger partial charge in [-0.05, 0) is 61.3 Å². The number of aliphatic hydroxyl groups is 1. The molecule has 0 fully saturated rings. The van der Waals surface area contributed by atoms with Gasteiger partial charge in [-0.3, -0.25) is 14.4 Å². The van der Waals surface area contributed by atoms with Gasteiger partial charge in [0.1, 0.15) is 16.1 Å². The molecule has 1 amide bonds. The van der Waals surface area contributed by atoms with E-state index < -0.39 is 16.1 Å². The fraction of sp³-hybridized carbons (Fsp3) is 0.370. The minimum absolute atomic E-state index is 0.0654. The molecule has 2 N–H and O–H groups in total. The third-order valence-electron chi connectivity index (χ3n) is 6.61. The zero-order valence-electron chi connectivity index (χ0n) is 21.8. The van der Waals surface area contributed by atoms with Gasteiger partial charge in [-0.2, -0.15) is 0 Å². The quantitative estimate of drug-likeness (QED) is 0.345. The minimum atomic E-state index is -3.80. The number of nitrogens with one attached hydrogen (secondary N) is 1. The first kappa shape index (κ1) is 29.6. The van der Waals surface area contributed by atoms with E-state index in [1.165, 1.54) is 12.1 Å². The van der Waals surface area contributed by atoms with Crippen LogP contribution in [0.1, 0.15) is 29.8 Å². The van der Waals surface area contributed by atoms with Crippen molar-refractivity contribution in [3.8, 4) is 5.75 Å². The monoisotopic (exact) mass is 611 g/mol. The number of carbonyl (C=O) groups excluding carboxylic acids is 1. The molecule has 0 saturated carbocycles. The first-order valence-corrected chi connectivity index (χ1v) is 15.5. The molecule has 0 saturated heterocycles. The third-order valence-corrected chi connectivity index (χ3v) is 10.1. The number of halogens is 2. The van der Waals surface area contributed by atoms with Gasteiger partial charge in [-0.25, -0.2) is 8.42 Å². The Morgan fingerprint density at radius 1 is 1.21 bits per heavy atom. The Kier molecular flexibility index (Phi) is 9.46. The van der Waals surface area contributed by atoms with Crippen molar-refractivity contribution in [2.75, 3.05) is 31.5 Å². The van der Waals surface area contributed by atoms with E-state index in [1.807, 2.05) is 26.1 Å². The molecule has 2 heterocycles. The summed E-state index contributed by atoms with van der Waals surface area (Å²) in [6, 6.07) is 12.9. The lowest BCUT2D eigenvalue weighted by Crippen LogP contribution is -2.49. The number of nitrogens with zero attached hydrogens (tertiary/aromatic N) is 2. The number of anilines is 1. The molecule has 1 aliphatic rings. The number of carbonyl (C=O) groups is 1. The molecule has 4 rings (SSSR count). The fourth-order valence-corrected chi connectivity index (χ4v) is 6.81.